The number of rotatable bonds is 4. The van der Waals surface area contributed by atoms with Crippen molar-refractivity contribution in [3.05, 3.63) is 152 Å². The van der Waals surface area contributed by atoms with Gasteiger partial charge in [0.1, 0.15) is 0 Å². The fourth-order valence-electron chi connectivity index (χ4n) is 5.42. The molecule has 0 bridgehead atoms. The molecule has 0 amide bonds. The first-order valence-electron chi connectivity index (χ1n) is 15.6. The van der Waals surface area contributed by atoms with Crippen LogP contribution in [0.2, 0.25) is 19.6 Å². The number of benzene rings is 5. The van der Waals surface area contributed by atoms with Crippen molar-refractivity contribution in [3.8, 4) is 33.6 Å². The maximum Gasteiger partial charge on any atom is 0.0795 e. The Kier molecular flexibility index (Phi) is 9.00. The summed E-state index contributed by atoms with van der Waals surface area (Å²) in [6.07, 6.45) is 3.94. The Bertz CT molecular complexity index is 2300. The number of aromatic nitrogens is 2. The molecule has 0 saturated carbocycles. The number of hydrogen-bond donors (Lipinski definition) is 0. The Morgan fingerprint density at radius 2 is 1.41 bits per heavy atom. The summed E-state index contributed by atoms with van der Waals surface area (Å²) < 4.78 is 11.0. The van der Waals surface area contributed by atoms with E-state index >= 15 is 0 Å². The molecule has 0 fully saturated rings. The number of pyridine rings is 2. The standard InChI is InChI=1S/C27H16NS.C14H16NSi.Ir/c1-2-7-18(8-3-1)20-13-14-22-23-11-6-12-24(27(23)29-26(22)16-20)25-15-19-9-4-5-10-21(19)17-28-25;1-16(2,3)13-9-10-14(15-11-13)12-7-5-4-6-8-12;/h1-11,13-17H;4-7,9-11H,1-3H3;/q2*-1;/i16D;;. The molecule has 46 heavy (non-hydrogen) atoms. The van der Waals surface area contributed by atoms with E-state index in [2.05, 4.69) is 97.4 Å². The van der Waals surface area contributed by atoms with Gasteiger partial charge < -0.3 is 9.97 Å². The van der Waals surface area contributed by atoms with Crippen LogP contribution in [0.15, 0.2) is 140 Å². The zero-order valence-electron chi connectivity index (χ0n) is 26.8. The molecule has 0 atom stereocenters. The van der Waals surface area contributed by atoms with Crippen LogP contribution >= 0.6 is 11.3 Å². The van der Waals surface area contributed by atoms with Crippen molar-refractivity contribution in [1.82, 2.24) is 9.97 Å². The van der Waals surface area contributed by atoms with Crippen LogP contribution in [0.25, 0.3) is 64.6 Å². The minimum atomic E-state index is -1.23. The third kappa shape index (κ3) is 6.65. The van der Waals surface area contributed by atoms with Gasteiger partial charge in [-0.1, -0.05) is 110 Å². The van der Waals surface area contributed by atoms with Crippen LogP contribution in [0.1, 0.15) is 1.37 Å². The number of hydrogen-bond acceptors (Lipinski definition) is 3. The first kappa shape index (κ1) is 30.4. The van der Waals surface area contributed by atoms with E-state index in [-0.39, 0.29) is 20.1 Å². The predicted molar refractivity (Wildman–Crippen MR) is 196 cm³/mol. The Hall–Kier alpha value is -4.25. The summed E-state index contributed by atoms with van der Waals surface area (Å²) >= 11 is 1.67. The van der Waals surface area contributed by atoms with E-state index in [1.807, 2.05) is 73.1 Å². The van der Waals surface area contributed by atoms with Crippen molar-refractivity contribution in [2.24, 2.45) is 0 Å². The minimum absolute atomic E-state index is 0. The molecule has 0 aliphatic carbocycles. The second kappa shape index (κ2) is 13.6. The Balaban J connectivity index is 0.000000194. The molecule has 5 heteroatoms. The number of nitrogens with zero attached hydrogens (tertiary/aromatic N) is 2. The van der Waals surface area contributed by atoms with Gasteiger partial charge in [-0.15, -0.1) is 59.7 Å². The zero-order chi connectivity index (χ0) is 31.7. The molecule has 3 heterocycles. The molecule has 0 aliphatic heterocycles. The van der Waals surface area contributed by atoms with Crippen molar-refractivity contribution in [3.63, 3.8) is 0 Å². The van der Waals surface area contributed by atoms with Crippen molar-refractivity contribution in [2.45, 2.75) is 19.6 Å². The number of fused-ring (bicyclic) bond motifs is 4. The molecular weight excluding hydrogens is 773 g/mol. The maximum absolute atomic E-state index is 8.88. The minimum Gasteiger partial charge on any atom is -0.305 e. The SMILES string of the molecule is C[Si](C)(C)c1ccc(-c2[c-]cccc2)nc1.[2H]c1c(-c2ccccc2)ccc2c1sc1c(-c3cc4ccccc4cn3)[c-]ccc12.[Ir]. The number of thiophene rings is 1. The molecule has 3 aromatic heterocycles. The average Bonchev–Trinajstić information content (AvgIpc) is 3.49. The van der Waals surface area contributed by atoms with Gasteiger partial charge in [-0.3, -0.25) is 0 Å². The molecule has 8 aromatic rings. The molecule has 8 rings (SSSR count). The van der Waals surface area contributed by atoms with Gasteiger partial charge in [0.25, 0.3) is 0 Å². The van der Waals surface area contributed by atoms with Crippen molar-refractivity contribution in [1.29, 1.82) is 0 Å². The molecule has 0 spiro atoms. The van der Waals surface area contributed by atoms with Gasteiger partial charge in [0, 0.05) is 37.2 Å². The van der Waals surface area contributed by atoms with Gasteiger partial charge in [0.2, 0.25) is 0 Å². The van der Waals surface area contributed by atoms with Crippen LogP contribution in [-0.2, 0) is 20.1 Å². The van der Waals surface area contributed by atoms with E-state index in [1.54, 1.807) is 11.3 Å². The van der Waals surface area contributed by atoms with Gasteiger partial charge >= 0.3 is 0 Å². The second-order valence-corrected chi connectivity index (χ2v) is 18.2. The van der Waals surface area contributed by atoms with Crippen molar-refractivity contribution >= 4 is 55.5 Å². The van der Waals surface area contributed by atoms with E-state index in [1.165, 1.54) is 10.6 Å². The third-order valence-corrected chi connectivity index (χ3v) is 11.1. The molecule has 5 aromatic carbocycles. The summed E-state index contributed by atoms with van der Waals surface area (Å²) in [5, 5.41) is 5.97. The van der Waals surface area contributed by atoms with Crippen molar-refractivity contribution in [2.75, 3.05) is 0 Å². The van der Waals surface area contributed by atoms with Crippen LogP contribution in [0.3, 0.4) is 0 Å². The quantitative estimate of drug-likeness (QED) is 0.131. The maximum atomic E-state index is 8.88. The fraction of sp³-hybridized carbons (Fsp3) is 0.0732. The molecule has 227 valence electrons. The molecule has 0 N–H and O–H groups in total. The topological polar surface area (TPSA) is 25.8 Å². The Morgan fingerprint density at radius 3 is 2.15 bits per heavy atom. The van der Waals surface area contributed by atoms with Gasteiger partial charge in [0.15, 0.2) is 0 Å². The predicted octanol–water partition coefficient (Wildman–Crippen LogP) is 10.8. The monoisotopic (exact) mass is 806 g/mol. The van der Waals surface area contributed by atoms with Gasteiger partial charge in [-0.25, -0.2) is 0 Å². The van der Waals surface area contributed by atoms with E-state index in [9.17, 15) is 0 Å². The zero-order valence-corrected chi connectivity index (χ0v) is 30.0. The summed E-state index contributed by atoms with van der Waals surface area (Å²) in [6, 6.07) is 48.3. The summed E-state index contributed by atoms with van der Waals surface area (Å²) in [5.74, 6) is 0. The van der Waals surface area contributed by atoms with Crippen LogP contribution in [0, 0.1) is 12.1 Å². The summed E-state index contributed by atoms with van der Waals surface area (Å²) in [5.41, 5.74) is 6.02. The van der Waals surface area contributed by atoms with E-state index in [0.29, 0.717) is 6.04 Å². The van der Waals surface area contributed by atoms with Crippen LogP contribution in [0.4, 0.5) is 0 Å². The van der Waals surface area contributed by atoms with Crippen LogP contribution in [0.5, 0.6) is 0 Å². The first-order valence-corrected chi connectivity index (χ1v) is 19.4. The van der Waals surface area contributed by atoms with E-state index in [0.717, 1.165) is 59.2 Å². The largest absolute Gasteiger partial charge is 0.305 e. The summed E-state index contributed by atoms with van der Waals surface area (Å²) in [4.78, 5) is 9.23. The molecule has 0 unspecified atom stereocenters. The van der Waals surface area contributed by atoms with Gasteiger partial charge in [-0.05, 0) is 54.6 Å². The van der Waals surface area contributed by atoms with Crippen molar-refractivity contribution < 1.29 is 21.5 Å². The Morgan fingerprint density at radius 1 is 0.652 bits per heavy atom. The summed E-state index contributed by atoms with van der Waals surface area (Å²) in [6.45, 7) is 7.00. The second-order valence-electron chi connectivity index (χ2n) is 12.1. The smallest absolute Gasteiger partial charge is 0.0795 e. The van der Waals surface area contributed by atoms with E-state index in [4.69, 9.17) is 6.35 Å². The van der Waals surface area contributed by atoms with Gasteiger partial charge in [0.05, 0.1) is 9.44 Å². The molecule has 0 aliphatic rings. The fourth-order valence-corrected chi connectivity index (χ4v) is 7.66. The van der Waals surface area contributed by atoms with Gasteiger partial charge in [-0.2, -0.15) is 11.3 Å². The van der Waals surface area contributed by atoms with Crippen LogP contribution < -0.4 is 5.19 Å². The molecule has 0 saturated heterocycles. The molecule has 2 nitrogen and oxygen atoms in total. The van der Waals surface area contributed by atoms with Crippen LogP contribution in [-0.4, -0.2) is 18.0 Å². The normalized spacial score (nSPS) is 11.5. The first-order chi connectivity index (χ1) is 22.4. The third-order valence-electron chi connectivity index (χ3n) is 7.94. The molecular formula is C41H32IrN2SSi-2. The average molecular weight is 806 g/mol. The Labute approximate surface area is 290 Å². The molecule has 1 radical (unpaired) electrons. The van der Waals surface area contributed by atoms with E-state index < -0.39 is 8.07 Å². The summed E-state index contributed by atoms with van der Waals surface area (Å²) in [7, 11) is -1.23.